The highest BCUT2D eigenvalue weighted by Gasteiger charge is 2.20. The molecule has 0 radical (unpaired) electrons. The SMILES string of the molecule is CS(=O)(=O)Nc1ccc(NS(=O)(=O)c2cc(F)ccc2F)cc1. The summed E-state index contributed by atoms with van der Waals surface area (Å²) in [4.78, 5) is -0.823. The van der Waals surface area contributed by atoms with Crippen LogP contribution in [0.4, 0.5) is 20.2 Å². The Kier molecular flexibility index (Phi) is 4.57. The van der Waals surface area contributed by atoms with Gasteiger partial charge < -0.3 is 0 Å². The van der Waals surface area contributed by atoms with Gasteiger partial charge in [0.15, 0.2) is 0 Å². The highest BCUT2D eigenvalue weighted by atomic mass is 32.2. The number of hydrogen-bond acceptors (Lipinski definition) is 4. The second-order valence-electron chi connectivity index (χ2n) is 4.63. The molecule has 0 saturated carbocycles. The molecule has 6 nitrogen and oxygen atoms in total. The van der Waals surface area contributed by atoms with Gasteiger partial charge in [-0.05, 0) is 42.5 Å². The summed E-state index contributed by atoms with van der Waals surface area (Å²) in [5.74, 6) is -1.98. The van der Waals surface area contributed by atoms with Crippen molar-refractivity contribution < 1.29 is 25.6 Å². The first-order valence-corrected chi connectivity index (χ1v) is 9.50. The summed E-state index contributed by atoms with van der Waals surface area (Å²) in [6, 6.07) is 7.28. The lowest BCUT2D eigenvalue weighted by molar-refractivity contribution is 0.555. The Bertz CT molecular complexity index is 927. The molecule has 0 unspecified atom stereocenters. The monoisotopic (exact) mass is 362 g/mol. The van der Waals surface area contributed by atoms with Crippen LogP contribution in [-0.2, 0) is 20.0 Å². The first kappa shape index (κ1) is 17.2. The van der Waals surface area contributed by atoms with Crippen LogP contribution in [0.2, 0.25) is 0 Å². The third kappa shape index (κ3) is 4.63. The predicted molar refractivity (Wildman–Crippen MR) is 82.1 cm³/mol. The highest BCUT2D eigenvalue weighted by molar-refractivity contribution is 7.92. The van der Waals surface area contributed by atoms with Crippen LogP contribution in [-0.4, -0.2) is 23.1 Å². The van der Waals surface area contributed by atoms with Crippen LogP contribution in [0.5, 0.6) is 0 Å². The van der Waals surface area contributed by atoms with Crippen LogP contribution >= 0.6 is 0 Å². The van der Waals surface area contributed by atoms with Crippen molar-refractivity contribution in [1.29, 1.82) is 0 Å². The molecule has 0 heterocycles. The summed E-state index contributed by atoms with van der Waals surface area (Å²) in [7, 11) is -7.78. The van der Waals surface area contributed by atoms with E-state index in [0.29, 0.717) is 12.1 Å². The van der Waals surface area contributed by atoms with Crippen LogP contribution in [0, 0.1) is 11.6 Å². The van der Waals surface area contributed by atoms with Gasteiger partial charge in [-0.25, -0.2) is 25.6 Å². The Morgan fingerprint density at radius 1 is 0.826 bits per heavy atom. The molecule has 10 heteroatoms. The molecule has 0 aliphatic rings. The summed E-state index contributed by atoms with van der Waals surface area (Å²) in [6.07, 6.45) is 0.969. The van der Waals surface area contributed by atoms with Gasteiger partial charge in [0.2, 0.25) is 10.0 Å². The summed E-state index contributed by atoms with van der Waals surface area (Å²) in [6.45, 7) is 0. The van der Waals surface area contributed by atoms with Crippen LogP contribution in [0.15, 0.2) is 47.4 Å². The molecule has 2 aromatic carbocycles. The normalized spacial score (nSPS) is 12.0. The maximum absolute atomic E-state index is 13.6. The van der Waals surface area contributed by atoms with E-state index in [2.05, 4.69) is 9.44 Å². The first-order valence-electron chi connectivity index (χ1n) is 6.12. The van der Waals surface area contributed by atoms with E-state index in [1.807, 2.05) is 0 Å². The van der Waals surface area contributed by atoms with Crippen molar-refractivity contribution in [3.8, 4) is 0 Å². The Labute approximate surface area is 132 Å². The number of anilines is 2. The summed E-state index contributed by atoms with van der Waals surface area (Å²) in [5, 5.41) is 0. The molecule has 0 amide bonds. The fourth-order valence-electron chi connectivity index (χ4n) is 1.71. The largest absolute Gasteiger partial charge is 0.284 e. The average Bonchev–Trinajstić information content (AvgIpc) is 2.42. The van der Waals surface area contributed by atoms with E-state index in [-0.39, 0.29) is 11.4 Å². The lowest BCUT2D eigenvalue weighted by Crippen LogP contribution is -2.15. The minimum Gasteiger partial charge on any atom is -0.284 e. The maximum Gasteiger partial charge on any atom is 0.264 e. The molecule has 0 aromatic heterocycles. The van der Waals surface area contributed by atoms with E-state index < -0.39 is 36.6 Å². The zero-order valence-corrected chi connectivity index (χ0v) is 13.4. The number of rotatable bonds is 5. The Morgan fingerprint density at radius 2 is 1.35 bits per heavy atom. The first-order chi connectivity index (χ1) is 10.6. The van der Waals surface area contributed by atoms with Crippen molar-refractivity contribution in [2.24, 2.45) is 0 Å². The number of sulfonamides is 2. The van der Waals surface area contributed by atoms with Crippen LogP contribution in [0.25, 0.3) is 0 Å². The standard InChI is InChI=1S/C13H12F2N2O4S2/c1-22(18,19)16-10-3-5-11(6-4-10)17-23(20,21)13-8-9(14)2-7-12(13)15/h2-8,16-17H,1H3. The maximum atomic E-state index is 13.6. The van der Waals surface area contributed by atoms with Crippen molar-refractivity contribution in [3.63, 3.8) is 0 Å². The van der Waals surface area contributed by atoms with Gasteiger partial charge in [-0.1, -0.05) is 0 Å². The van der Waals surface area contributed by atoms with Crippen LogP contribution in [0.1, 0.15) is 0 Å². The molecule has 2 rings (SSSR count). The van der Waals surface area contributed by atoms with Gasteiger partial charge in [0, 0.05) is 11.4 Å². The van der Waals surface area contributed by atoms with E-state index in [4.69, 9.17) is 0 Å². The molecule has 0 spiro atoms. The zero-order valence-electron chi connectivity index (χ0n) is 11.7. The molecule has 0 saturated heterocycles. The lowest BCUT2D eigenvalue weighted by atomic mass is 10.3. The van der Waals surface area contributed by atoms with Crippen molar-refractivity contribution in [2.75, 3.05) is 15.7 Å². The van der Waals surface area contributed by atoms with Crippen molar-refractivity contribution >= 4 is 31.4 Å². The van der Waals surface area contributed by atoms with Crippen LogP contribution < -0.4 is 9.44 Å². The Morgan fingerprint density at radius 3 is 1.87 bits per heavy atom. The van der Waals surface area contributed by atoms with E-state index >= 15 is 0 Å². The molecule has 23 heavy (non-hydrogen) atoms. The number of hydrogen-bond donors (Lipinski definition) is 2. The number of nitrogens with one attached hydrogen (secondary N) is 2. The molecular weight excluding hydrogens is 350 g/mol. The van der Waals surface area contributed by atoms with E-state index in [0.717, 1.165) is 12.3 Å². The fourth-order valence-corrected chi connectivity index (χ4v) is 3.43. The molecule has 0 aliphatic heterocycles. The summed E-state index contributed by atoms with van der Waals surface area (Å²) < 4.78 is 77.2. The number of benzene rings is 2. The molecule has 2 N–H and O–H groups in total. The smallest absolute Gasteiger partial charge is 0.264 e. The molecule has 124 valence electrons. The van der Waals surface area contributed by atoms with Gasteiger partial charge in [-0.3, -0.25) is 9.44 Å². The van der Waals surface area contributed by atoms with Gasteiger partial charge in [-0.15, -0.1) is 0 Å². The second kappa shape index (κ2) is 6.13. The predicted octanol–water partition coefficient (Wildman–Crippen LogP) is 2.14. The molecule has 0 fully saturated rings. The van der Waals surface area contributed by atoms with Gasteiger partial charge in [0.25, 0.3) is 10.0 Å². The Balaban J connectivity index is 2.26. The summed E-state index contributed by atoms with van der Waals surface area (Å²) >= 11 is 0. The quantitative estimate of drug-likeness (QED) is 0.852. The molecule has 0 bridgehead atoms. The number of halogens is 2. The molecule has 2 aromatic rings. The highest BCUT2D eigenvalue weighted by Crippen LogP contribution is 2.21. The van der Waals surface area contributed by atoms with Gasteiger partial charge in [0.05, 0.1) is 6.26 Å². The van der Waals surface area contributed by atoms with E-state index in [1.54, 1.807) is 0 Å². The van der Waals surface area contributed by atoms with Gasteiger partial charge in [-0.2, -0.15) is 0 Å². The Hall–Kier alpha value is -2.20. The lowest BCUT2D eigenvalue weighted by Gasteiger charge is -2.10. The third-order valence-corrected chi connectivity index (χ3v) is 4.63. The van der Waals surface area contributed by atoms with Gasteiger partial charge >= 0.3 is 0 Å². The van der Waals surface area contributed by atoms with Crippen molar-refractivity contribution in [3.05, 3.63) is 54.1 Å². The minimum atomic E-state index is -4.32. The van der Waals surface area contributed by atoms with Crippen molar-refractivity contribution in [2.45, 2.75) is 4.90 Å². The van der Waals surface area contributed by atoms with Crippen LogP contribution in [0.3, 0.4) is 0 Å². The zero-order chi connectivity index (χ0) is 17.3. The van der Waals surface area contributed by atoms with Gasteiger partial charge in [0.1, 0.15) is 16.5 Å². The van der Waals surface area contributed by atoms with E-state index in [1.165, 1.54) is 24.3 Å². The topological polar surface area (TPSA) is 92.3 Å². The van der Waals surface area contributed by atoms with Crippen molar-refractivity contribution in [1.82, 2.24) is 0 Å². The van der Waals surface area contributed by atoms with E-state index in [9.17, 15) is 25.6 Å². The second-order valence-corrected chi connectivity index (χ2v) is 8.03. The average molecular weight is 362 g/mol. The molecule has 0 aliphatic carbocycles. The molecule has 0 atom stereocenters. The fraction of sp³-hybridized carbons (Fsp3) is 0.0769. The summed E-state index contributed by atoms with van der Waals surface area (Å²) in [5.41, 5.74) is 0.292. The third-order valence-electron chi connectivity index (χ3n) is 2.62. The minimum absolute atomic E-state index is 0.0627. The molecular formula is C13H12F2N2O4S2.